The molecule has 1 heterocycles. The molecule has 2 aromatic rings. The molecule has 5 heteroatoms. The fraction of sp³-hybridized carbons (Fsp3) is 0.375. The first kappa shape index (κ1) is 15.3. The number of aryl methyl sites for hydroxylation is 1. The Morgan fingerprint density at radius 3 is 2.86 bits per heavy atom. The van der Waals surface area contributed by atoms with Gasteiger partial charge in [-0.2, -0.15) is 0 Å². The van der Waals surface area contributed by atoms with Crippen LogP contribution in [-0.2, 0) is 4.79 Å². The van der Waals surface area contributed by atoms with Gasteiger partial charge in [-0.05, 0) is 31.0 Å². The van der Waals surface area contributed by atoms with E-state index >= 15 is 0 Å². The monoisotopic (exact) mass is 289 g/mol. The van der Waals surface area contributed by atoms with Crippen LogP contribution in [0.5, 0.6) is 0 Å². The summed E-state index contributed by atoms with van der Waals surface area (Å²) in [5, 5.41) is 13.2. The molecule has 2 rings (SSSR count). The third-order valence-corrected chi connectivity index (χ3v) is 3.35. The summed E-state index contributed by atoms with van der Waals surface area (Å²) < 4.78 is 5.12. The SMILES string of the molecule is CCCCC(O)C(=O)Nc1ccc2c(C)cc(=O)oc2c1. The number of carbonyl (C=O) groups is 1. The second kappa shape index (κ2) is 6.54. The molecule has 1 unspecified atom stereocenters. The number of benzene rings is 1. The van der Waals surface area contributed by atoms with Gasteiger partial charge in [-0.15, -0.1) is 0 Å². The number of unbranched alkanes of at least 4 members (excludes halogenated alkanes) is 1. The quantitative estimate of drug-likeness (QED) is 0.829. The second-order valence-corrected chi connectivity index (χ2v) is 5.11. The molecular weight excluding hydrogens is 270 g/mol. The molecule has 5 nitrogen and oxygen atoms in total. The van der Waals surface area contributed by atoms with Gasteiger partial charge in [0.05, 0.1) is 0 Å². The van der Waals surface area contributed by atoms with Crippen molar-refractivity contribution in [1.82, 2.24) is 0 Å². The van der Waals surface area contributed by atoms with E-state index in [0.717, 1.165) is 23.8 Å². The van der Waals surface area contributed by atoms with Crippen molar-refractivity contribution < 1.29 is 14.3 Å². The van der Waals surface area contributed by atoms with E-state index < -0.39 is 17.6 Å². The third-order valence-electron chi connectivity index (χ3n) is 3.35. The minimum atomic E-state index is -1.02. The Labute approximate surface area is 122 Å². The average molecular weight is 289 g/mol. The van der Waals surface area contributed by atoms with E-state index in [2.05, 4.69) is 5.32 Å². The van der Waals surface area contributed by atoms with Gasteiger partial charge in [0.15, 0.2) is 0 Å². The van der Waals surface area contributed by atoms with Crippen molar-refractivity contribution in [3.63, 3.8) is 0 Å². The molecule has 0 aliphatic rings. The standard InChI is InChI=1S/C16H19NO4/c1-3-4-5-13(18)16(20)17-11-6-7-12-10(2)8-15(19)21-14(12)9-11/h6-9,13,18H,3-5H2,1-2H3,(H,17,20). The molecule has 1 atom stereocenters. The Morgan fingerprint density at radius 1 is 1.38 bits per heavy atom. The molecule has 1 amide bonds. The topological polar surface area (TPSA) is 79.5 Å². The molecule has 0 spiro atoms. The Hall–Kier alpha value is -2.14. The van der Waals surface area contributed by atoms with Crippen LogP contribution in [-0.4, -0.2) is 17.1 Å². The Morgan fingerprint density at radius 2 is 2.14 bits per heavy atom. The summed E-state index contributed by atoms with van der Waals surface area (Å²) in [5.74, 6) is -0.446. The van der Waals surface area contributed by atoms with Gasteiger partial charge in [0.2, 0.25) is 0 Å². The molecule has 0 radical (unpaired) electrons. The van der Waals surface area contributed by atoms with Crippen LogP contribution >= 0.6 is 0 Å². The number of rotatable bonds is 5. The zero-order chi connectivity index (χ0) is 15.4. The molecule has 112 valence electrons. The maximum atomic E-state index is 11.8. The highest BCUT2D eigenvalue weighted by molar-refractivity contribution is 5.96. The van der Waals surface area contributed by atoms with Crippen LogP contribution in [0.1, 0.15) is 31.7 Å². The van der Waals surface area contributed by atoms with Gasteiger partial charge >= 0.3 is 5.63 Å². The molecule has 21 heavy (non-hydrogen) atoms. The van der Waals surface area contributed by atoms with Crippen molar-refractivity contribution in [3.8, 4) is 0 Å². The van der Waals surface area contributed by atoms with Gasteiger partial charge in [-0.3, -0.25) is 4.79 Å². The number of anilines is 1. The number of carbonyl (C=O) groups excluding carboxylic acids is 1. The lowest BCUT2D eigenvalue weighted by atomic mass is 10.1. The van der Waals surface area contributed by atoms with E-state index in [1.165, 1.54) is 6.07 Å². The summed E-state index contributed by atoms with van der Waals surface area (Å²) in [4.78, 5) is 23.2. The number of fused-ring (bicyclic) bond motifs is 1. The first-order chi connectivity index (χ1) is 10.0. The molecule has 1 aromatic heterocycles. The van der Waals surface area contributed by atoms with Crippen molar-refractivity contribution in [2.75, 3.05) is 5.32 Å². The summed E-state index contributed by atoms with van der Waals surface area (Å²) in [7, 11) is 0. The van der Waals surface area contributed by atoms with Crippen molar-refractivity contribution in [3.05, 3.63) is 40.2 Å². The Balaban J connectivity index is 2.20. The molecule has 0 aliphatic heterocycles. The van der Waals surface area contributed by atoms with Gasteiger partial charge in [-0.1, -0.05) is 19.8 Å². The number of amides is 1. The first-order valence-electron chi connectivity index (χ1n) is 7.04. The van der Waals surface area contributed by atoms with Gasteiger partial charge in [0, 0.05) is 23.2 Å². The van der Waals surface area contributed by atoms with Crippen LogP contribution in [0, 0.1) is 6.92 Å². The van der Waals surface area contributed by atoms with Crippen molar-refractivity contribution in [1.29, 1.82) is 0 Å². The summed E-state index contributed by atoms with van der Waals surface area (Å²) in [5.41, 5.74) is 1.31. The van der Waals surface area contributed by atoms with Gasteiger partial charge < -0.3 is 14.8 Å². The second-order valence-electron chi connectivity index (χ2n) is 5.11. The lowest BCUT2D eigenvalue weighted by molar-refractivity contribution is -0.124. The molecule has 0 saturated carbocycles. The van der Waals surface area contributed by atoms with E-state index in [4.69, 9.17) is 4.42 Å². The van der Waals surface area contributed by atoms with Crippen molar-refractivity contribution in [2.24, 2.45) is 0 Å². The van der Waals surface area contributed by atoms with Gasteiger partial charge in [0.1, 0.15) is 11.7 Å². The average Bonchev–Trinajstić information content (AvgIpc) is 2.44. The van der Waals surface area contributed by atoms with Crippen LogP contribution in [0.4, 0.5) is 5.69 Å². The highest BCUT2D eigenvalue weighted by Crippen LogP contribution is 2.21. The van der Waals surface area contributed by atoms with Crippen LogP contribution < -0.4 is 10.9 Å². The minimum Gasteiger partial charge on any atom is -0.423 e. The zero-order valence-corrected chi connectivity index (χ0v) is 12.2. The largest absolute Gasteiger partial charge is 0.423 e. The predicted molar refractivity (Wildman–Crippen MR) is 81.4 cm³/mol. The van der Waals surface area contributed by atoms with Crippen LogP contribution in [0.25, 0.3) is 11.0 Å². The molecule has 0 fully saturated rings. The number of aliphatic hydroxyl groups excluding tert-OH is 1. The highest BCUT2D eigenvalue weighted by atomic mass is 16.4. The Kier molecular flexibility index (Phi) is 4.75. The van der Waals surface area contributed by atoms with Crippen LogP contribution in [0.2, 0.25) is 0 Å². The van der Waals surface area contributed by atoms with Gasteiger partial charge in [-0.25, -0.2) is 4.79 Å². The fourth-order valence-electron chi connectivity index (χ4n) is 2.16. The minimum absolute atomic E-state index is 0.417. The normalized spacial score (nSPS) is 12.3. The number of aliphatic hydroxyl groups is 1. The smallest absolute Gasteiger partial charge is 0.336 e. The van der Waals surface area contributed by atoms with Crippen molar-refractivity contribution in [2.45, 2.75) is 39.2 Å². The molecule has 0 aliphatic carbocycles. The third kappa shape index (κ3) is 3.70. The number of nitrogens with one attached hydrogen (secondary N) is 1. The van der Waals surface area contributed by atoms with E-state index in [-0.39, 0.29) is 0 Å². The predicted octanol–water partition coefficient (Wildman–Crippen LogP) is 2.59. The number of hydrogen-bond donors (Lipinski definition) is 2. The maximum Gasteiger partial charge on any atom is 0.336 e. The molecule has 0 bridgehead atoms. The molecular formula is C16H19NO4. The molecule has 1 aromatic carbocycles. The van der Waals surface area contributed by atoms with E-state index in [1.54, 1.807) is 18.2 Å². The maximum absolute atomic E-state index is 11.8. The summed E-state index contributed by atoms with van der Waals surface area (Å²) in [6.45, 7) is 3.82. The Bertz CT molecular complexity index is 705. The lowest BCUT2D eigenvalue weighted by Crippen LogP contribution is -2.27. The summed E-state index contributed by atoms with van der Waals surface area (Å²) >= 11 is 0. The van der Waals surface area contributed by atoms with Crippen molar-refractivity contribution >= 4 is 22.6 Å². The van der Waals surface area contributed by atoms with E-state index in [9.17, 15) is 14.7 Å². The molecule has 2 N–H and O–H groups in total. The van der Waals surface area contributed by atoms with E-state index in [0.29, 0.717) is 17.7 Å². The summed E-state index contributed by atoms with van der Waals surface area (Å²) in [6, 6.07) is 6.52. The first-order valence-corrected chi connectivity index (χ1v) is 7.04. The van der Waals surface area contributed by atoms with Crippen LogP contribution in [0.15, 0.2) is 33.5 Å². The highest BCUT2D eigenvalue weighted by Gasteiger charge is 2.14. The van der Waals surface area contributed by atoms with Crippen LogP contribution in [0.3, 0.4) is 0 Å². The summed E-state index contributed by atoms with van der Waals surface area (Å²) in [6.07, 6.45) is 1.13. The van der Waals surface area contributed by atoms with Gasteiger partial charge in [0.25, 0.3) is 5.91 Å². The molecule has 0 saturated heterocycles. The lowest BCUT2D eigenvalue weighted by Gasteiger charge is -2.11. The number of hydrogen-bond acceptors (Lipinski definition) is 4. The fourth-order valence-corrected chi connectivity index (χ4v) is 2.16. The van der Waals surface area contributed by atoms with E-state index in [1.807, 2.05) is 13.8 Å². The zero-order valence-electron chi connectivity index (χ0n) is 12.2.